The monoisotopic (exact) mass is 408 g/mol. The second-order valence-electron chi connectivity index (χ2n) is 6.88. The Morgan fingerprint density at radius 2 is 2.00 bits per heavy atom. The van der Waals surface area contributed by atoms with Crippen molar-refractivity contribution in [3.8, 4) is 5.88 Å². The number of ketones is 1. The van der Waals surface area contributed by atoms with Crippen LogP contribution in [0.4, 0.5) is 0 Å². The van der Waals surface area contributed by atoms with E-state index < -0.39 is 23.7 Å². The van der Waals surface area contributed by atoms with Crippen molar-refractivity contribution in [1.29, 1.82) is 0 Å². The lowest BCUT2D eigenvalue weighted by molar-refractivity contribution is -0.0656. The highest BCUT2D eigenvalue weighted by molar-refractivity contribution is 6.43. The van der Waals surface area contributed by atoms with Crippen LogP contribution in [0, 0.1) is 0 Å². The number of halogens is 2. The Bertz CT molecular complexity index is 930. The molecule has 0 aliphatic carbocycles. The molecule has 2 aromatic rings. The lowest BCUT2D eigenvalue weighted by Gasteiger charge is -2.41. The maximum absolute atomic E-state index is 12.8. The third kappa shape index (κ3) is 3.65. The molecule has 0 spiro atoms. The van der Waals surface area contributed by atoms with Crippen LogP contribution in [-0.4, -0.2) is 33.5 Å². The number of fused-ring (bicyclic) bond motifs is 1. The van der Waals surface area contributed by atoms with Gasteiger partial charge >= 0.3 is 0 Å². The molecule has 0 radical (unpaired) electrons. The number of pyridine rings is 1. The maximum Gasteiger partial charge on any atom is 0.253 e. The molecule has 3 rings (SSSR count). The van der Waals surface area contributed by atoms with Crippen LogP contribution in [0.1, 0.15) is 53.1 Å². The second kappa shape index (κ2) is 7.11. The summed E-state index contributed by atoms with van der Waals surface area (Å²) in [7, 11) is 0. The van der Waals surface area contributed by atoms with Gasteiger partial charge in [-0.1, -0.05) is 29.3 Å². The molecule has 0 saturated heterocycles. The quantitative estimate of drug-likeness (QED) is 0.757. The van der Waals surface area contributed by atoms with Crippen LogP contribution in [0.2, 0.25) is 10.0 Å². The van der Waals surface area contributed by atoms with E-state index in [0.717, 1.165) is 0 Å². The van der Waals surface area contributed by atoms with Crippen molar-refractivity contribution in [2.45, 2.75) is 38.5 Å². The number of carbonyl (C=O) groups excluding carboxylic acids is 2. The Balaban J connectivity index is 2.03. The molecule has 2 atom stereocenters. The summed E-state index contributed by atoms with van der Waals surface area (Å²) in [4.78, 5) is 28.7. The molecule has 0 unspecified atom stereocenters. The van der Waals surface area contributed by atoms with Gasteiger partial charge in [-0.2, -0.15) is 0 Å². The minimum Gasteiger partial charge on any atom is -0.469 e. The lowest BCUT2D eigenvalue weighted by atomic mass is 9.87. The number of aliphatic hydroxyl groups excluding tert-OH is 1. The van der Waals surface area contributed by atoms with Gasteiger partial charge in [0, 0.05) is 17.3 Å². The zero-order valence-electron chi connectivity index (χ0n) is 14.9. The van der Waals surface area contributed by atoms with Gasteiger partial charge in [0.1, 0.15) is 11.7 Å². The molecule has 1 aromatic carbocycles. The number of nitrogens with one attached hydrogen (secondary N) is 1. The number of amides is 1. The van der Waals surface area contributed by atoms with Crippen molar-refractivity contribution in [2.75, 3.05) is 0 Å². The van der Waals surface area contributed by atoms with Crippen molar-refractivity contribution >= 4 is 34.9 Å². The van der Waals surface area contributed by atoms with Gasteiger partial charge < -0.3 is 15.2 Å². The van der Waals surface area contributed by atoms with E-state index in [9.17, 15) is 14.7 Å². The highest BCUT2D eigenvalue weighted by Crippen LogP contribution is 2.39. The molecule has 1 aliphatic rings. The second-order valence-corrected chi connectivity index (χ2v) is 7.66. The number of carbonyl (C=O) groups is 2. The fourth-order valence-electron chi connectivity index (χ4n) is 2.91. The molecule has 2 N–H and O–H groups in total. The summed E-state index contributed by atoms with van der Waals surface area (Å²) >= 11 is 12.1. The Kier molecular flexibility index (Phi) is 5.16. The van der Waals surface area contributed by atoms with E-state index in [1.165, 1.54) is 19.2 Å². The highest BCUT2D eigenvalue weighted by Gasteiger charge is 2.44. The van der Waals surface area contributed by atoms with Gasteiger partial charge in [0.2, 0.25) is 5.88 Å². The van der Waals surface area contributed by atoms with Crippen LogP contribution in [-0.2, 0) is 0 Å². The van der Waals surface area contributed by atoms with Crippen molar-refractivity contribution in [1.82, 2.24) is 10.3 Å². The molecule has 142 valence electrons. The first kappa shape index (κ1) is 19.6. The molecule has 1 aromatic heterocycles. The van der Waals surface area contributed by atoms with E-state index in [4.69, 9.17) is 27.9 Å². The van der Waals surface area contributed by atoms with Crippen LogP contribution >= 0.6 is 23.2 Å². The first-order valence-corrected chi connectivity index (χ1v) is 9.00. The Morgan fingerprint density at radius 3 is 2.67 bits per heavy atom. The topological polar surface area (TPSA) is 88.5 Å². The van der Waals surface area contributed by atoms with Gasteiger partial charge in [0.15, 0.2) is 5.78 Å². The third-order valence-electron chi connectivity index (χ3n) is 4.49. The summed E-state index contributed by atoms with van der Waals surface area (Å²) in [5.41, 5.74) is -0.0587. The number of nitrogens with zero attached hydrogens (tertiary/aromatic N) is 1. The van der Waals surface area contributed by atoms with Crippen molar-refractivity contribution in [3.05, 3.63) is 57.2 Å². The van der Waals surface area contributed by atoms with Gasteiger partial charge in [-0.05, 0) is 39.0 Å². The largest absolute Gasteiger partial charge is 0.469 e. The number of rotatable bonds is 3. The minimum absolute atomic E-state index is 0.119. The molecule has 27 heavy (non-hydrogen) atoms. The number of ether oxygens (including phenoxy) is 1. The van der Waals surface area contributed by atoms with Crippen LogP contribution in [0.25, 0.3) is 0 Å². The fourth-order valence-corrected chi connectivity index (χ4v) is 3.29. The highest BCUT2D eigenvalue weighted by atomic mass is 35.5. The van der Waals surface area contributed by atoms with Crippen LogP contribution < -0.4 is 10.1 Å². The summed E-state index contributed by atoms with van der Waals surface area (Å²) in [5.74, 6) is -0.450. The van der Waals surface area contributed by atoms with E-state index in [2.05, 4.69) is 10.3 Å². The van der Waals surface area contributed by atoms with E-state index >= 15 is 0 Å². The SMILES string of the molecule is CC(=O)c1cnc2c(c1)[C@@H](NC(=O)c1cccc(Cl)c1Cl)[C@H](O)C(C)(C)O2. The minimum atomic E-state index is -1.09. The normalized spacial score (nSPS) is 20.4. The van der Waals surface area contributed by atoms with Crippen LogP contribution in [0.15, 0.2) is 30.5 Å². The van der Waals surface area contributed by atoms with Crippen molar-refractivity contribution in [3.63, 3.8) is 0 Å². The van der Waals surface area contributed by atoms with E-state index in [-0.39, 0.29) is 27.3 Å². The predicted octanol–water partition coefficient (Wildman–Crippen LogP) is 3.59. The zero-order valence-corrected chi connectivity index (χ0v) is 16.4. The van der Waals surface area contributed by atoms with E-state index in [1.807, 2.05) is 0 Å². The molecule has 0 bridgehead atoms. The van der Waals surface area contributed by atoms with Gasteiger partial charge in [-0.15, -0.1) is 0 Å². The molecule has 8 heteroatoms. The zero-order chi connectivity index (χ0) is 19.9. The Hall–Kier alpha value is -2.15. The number of aliphatic hydroxyl groups is 1. The van der Waals surface area contributed by atoms with Crippen LogP contribution in [0.3, 0.4) is 0 Å². The molecular formula is C19H18Cl2N2O4. The number of Topliss-reactive ketones (excluding diaryl/α,β-unsaturated/α-hetero) is 1. The molecule has 1 amide bonds. The summed E-state index contributed by atoms with van der Waals surface area (Å²) < 4.78 is 5.76. The standard InChI is InChI=1S/C19H18Cl2N2O4/c1-9(24)10-7-12-15(16(25)19(2,3)27-18(12)22-8-10)23-17(26)11-5-4-6-13(20)14(11)21/h4-8,15-16,25H,1-3H3,(H,23,26)/t15-,16+/m1/s1. The average molecular weight is 409 g/mol. The van der Waals surface area contributed by atoms with E-state index in [1.54, 1.807) is 32.0 Å². The van der Waals surface area contributed by atoms with Crippen molar-refractivity contribution in [2.24, 2.45) is 0 Å². The molecule has 6 nitrogen and oxygen atoms in total. The predicted molar refractivity (Wildman–Crippen MR) is 102 cm³/mol. The van der Waals surface area contributed by atoms with Gasteiger partial charge in [0.05, 0.1) is 21.7 Å². The first-order valence-electron chi connectivity index (χ1n) is 8.24. The van der Waals surface area contributed by atoms with Gasteiger partial charge in [-0.3, -0.25) is 9.59 Å². The maximum atomic E-state index is 12.8. The number of aromatic nitrogens is 1. The summed E-state index contributed by atoms with van der Waals surface area (Å²) in [6, 6.07) is 5.43. The molecule has 0 fully saturated rings. The summed E-state index contributed by atoms with van der Waals surface area (Å²) in [5, 5.41) is 13.9. The molecule has 0 saturated carbocycles. The lowest BCUT2D eigenvalue weighted by Crippen LogP contribution is -2.53. The first-order chi connectivity index (χ1) is 12.6. The van der Waals surface area contributed by atoms with Gasteiger partial charge in [0.25, 0.3) is 5.91 Å². The number of hydrogen-bond acceptors (Lipinski definition) is 5. The van der Waals surface area contributed by atoms with Gasteiger partial charge in [-0.25, -0.2) is 4.98 Å². The third-order valence-corrected chi connectivity index (χ3v) is 5.31. The average Bonchev–Trinajstić information content (AvgIpc) is 2.60. The molecular weight excluding hydrogens is 391 g/mol. The Morgan fingerprint density at radius 1 is 1.30 bits per heavy atom. The van der Waals surface area contributed by atoms with Crippen molar-refractivity contribution < 1.29 is 19.4 Å². The van der Waals surface area contributed by atoms with E-state index in [0.29, 0.717) is 11.1 Å². The fraction of sp³-hybridized carbons (Fsp3) is 0.316. The Labute approximate surface area is 166 Å². The van der Waals surface area contributed by atoms with Crippen LogP contribution in [0.5, 0.6) is 5.88 Å². The smallest absolute Gasteiger partial charge is 0.253 e. The number of hydrogen-bond donors (Lipinski definition) is 2. The summed E-state index contributed by atoms with van der Waals surface area (Å²) in [6.45, 7) is 4.78. The summed E-state index contributed by atoms with van der Waals surface area (Å²) in [6.07, 6.45) is 0.317. The number of benzene rings is 1. The molecule has 1 aliphatic heterocycles. The molecule has 2 heterocycles.